The minimum Gasteiger partial charge on any atom is -0.463 e. The van der Waals surface area contributed by atoms with Crippen molar-refractivity contribution in [2.45, 2.75) is 39.7 Å². The van der Waals surface area contributed by atoms with E-state index in [0.717, 1.165) is 11.1 Å². The molecule has 1 aliphatic rings. The van der Waals surface area contributed by atoms with E-state index in [0.29, 0.717) is 11.1 Å². The molecule has 33 heavy (non-hydrogen) atoms. The maximum Gasteiger partial charge on any atom is 0.338 e. The molecule has 2 aromatic carbocycles. The second-order valence-corrected chi connectivity index (χ2v) is 7.73. The molecule has 7 nitrogen and oxygen atoms in total. The van der Waals surface area contributed by atoms with Crippen molar-refractivity contribution in [3.63, 3.8) is 0 Å². The Morgan fingerprint density at radius 1 is 1.12 bits per heavy atom. The maximum atomic E-state index is 12.8. The van der Waals surface area contributed by atoms with Gasteiger partial charge in [-0.3, -0.25) is 0 Å². The van der Waals surface area contributed by atoms with Gasteiger partial charge < -0.3 is 19.9 Å². The van der Waals surface area contributed by atoms with E-state index in [1.807, 2.05) is 24.3 Å². The molecule has 0 bridgehead atoms. The van der Waals surface area contributed by atoms with Gasteiger partial charge in [-0.05, 0) is 56.5 Å². The van der Waals surface area contributed by atoms with Gasteiger partial charge in [-0.2, -0.15) is 5.26 Å². The van der Waals surface area contributed by atoms with E-state index in [-0.39, 0.29) is 35.5 Å². The lowest BCUT2D eigenvalue weighted by Gasteiger charge is -2.28. The molecule has 1 unspecified atom stereocenters. The highest BCUT2D eigenvalue weighted by Crippen LogP contribution is 2.43. The first-order valence-electron chi connectivity index (χ1n) is 10.6. The van der Waals surface area contributed by atoms with E-state index in [2.05, 4.69) is 6.07 Å². The molecule has 0 saturated heterocycles. The predicted octanol–water partition coefficient (Wildman–Crippen LogP) is 4.56. The molecule has 2 aromatic rings. The molecule has 0 aromatic heterocycles. The molecule has 0 amide bonds. The molecule has 170 valence electrons. The Hall–Kier alpha value is -4.05. The van der Waals surface area contributed by atoms with Gasteiger partial charge in [0.2, 0.25) is 5.88 Å². The normalized spacial score (nSPS) is 15.7. The van der Waals surface area contributed by atoms with Crippen LogP contribution in [0.5, 0.6) is 0 Å². The fraction of sp³-hybridized carbons (Fsp3) is 0.269. The maximum absolute atomic E-state index is 12.8. The van der Waals surface area contributed by atoms with Crippen LogP contribution in [-0.2, 0) is 19.0 Å². The van der Waals surface area contributed by atoms with Crippen molar-refractivity contribution in [1.82, 2.24) is 0 Å². The summed E-state index contributed by atoms with van der Waals surface area (Å²) in [6, 6.07) is 16.5. The Morgan fingerprint density at radius 3 is 2.39 bits per heavy atom. The Labute approximate surface area is 193 Å². The molecule has 1 atom stereocenters. The summed E-state index contributed by atoms with van der Waals surface area (Å²) in [6.07, 6.45) is -0.218. The molecule has 0 spiro atoms. The summed E-state index contributed by atoms with van der Waals surface area (Å²) >= 11 is 0. The molecule has 2 N–H and O–H groups in total. The van der Waals surface area contributed by atoms with Gasteiger partial charge in [0.05, 0.1) is 29.8 Å². The summed E-state index contributed by atoms with van der Waals surface area (Å²) in [4.78, 5) is 25.0. The average Bonchev–Trinajstić information content (AvgIpc) is 2.78. The quantitative estimate of drug-likeness (QED) is 0.647. The van der Waals surface area contributed by atoms with Crippen LogP contribution in [0.15, 0.2) is 71.3 Å². The van der Waals surface area contributed by atoms with Crippen LogP contribution in [0.3, 0.4) is 0 Å². The molecule has 7 heteroatoms. The molecule has 0 saturated carbocycles. The van der Waals surface area contributed by atoms with E-state index in [4.69, 9.17) is 19.9 Å². The van der Waals surface area contributed by atoms with Gasteiger partial charge in [-0.25, -0.2) is 9.59 Å². The minimum absolute atomic E-state index is 0.0466. The van der Waals surface area contributed by atoms with Gasteiger partial charge in [-0.15, -0.1) is 0 Å². The van der Waals surface area contributed by atoms with Gasteiger partial charge in [0.15, 0.2) is 0 Å². The summed E-state index contributed by atoms with van der Waals surface area (Å²) in [5, 5.41) is 9.85. The number of allylic oxidation sites excluding steroid dienone is 2. The van der Waals surface area contributed by atoms with Gasteiger partial charge in [-0.1, -0.05) is 36.4 Å². The number of esters is 2. The number of nitrogens with two attached hydrogens (primary N) is 1. The lowest BCUT2D eigenvalue weighted by atomic mass is 9.79. The van der Waals surface area contributed by atoms with Crippen molar-refractivity contribution in [2.24, 2.45) is 5.73 Å². The van der Waals surface area contributed by atoms with E-state index in [1.54, 1.807) is 52.0 Å². The van der Waals surface area contributed by atoms with E-state index >= 15 is 0 Å². The second-order valence-electron chi connectivity index (χ2n) is 7.73. The van der Waals surface area contributed by atoms with Gasteiger partial charge in [0.25, 0.3) is 0 Å². The van der Waals surface area contributed by atoms with Crippen molar-refractivity contribution in [3.05, 3.63) is 82.4 Å². The number of nitriles is 1. The topological polar surface area (TPSA) is 112 Å². The molecular weight excluding hydrogens is 420 g/mol. The summed E-state index contributed by atoms with van der Waals surface area (Å²) in [5.74, 6) is -1.49. The Bertz CT molecular complexity index is 1170. The van der Waals surface area contributed by atoms with Crippen molar-refractivity contribution < 1.29 is 23.8 Å². The number of hydrogen-bond donors (Lipinski definition) is 1. The number of benzene rings is 2. The van der Waals surface area contributed by atoms with Crippen LogP contribution < -0.4 is 5.73 Å². The van der Waals surface area contributed by atoms with Crippen molar-refractivity contribution in [2.75, 3.05) is 6.61 Å². The molecule has 0 fully saturated rings. The molecular formula is C26H26N2O5. The summed E-state index contributed by atoms with van der Waals surface area (Å²) in [6.45, 7) is 7.09. The summed E-state index contributed by atoms with van der Waals surface area (Å²) < 4.78 is 16.0. The van der Waals surface area contributed by atoms with Crippen LogP contribution in [0, 0.1) is 11.3 Å². The van der Waals surface area contributed by atoms with Crippen LogP contribution in [-0.4, -0.2) is 24.6 Å². The largest absolute Gasteiger partial charge is 0.463 e. The van der Waals surface area contributed by atoms with Gasteiger partial charge >= 0.3 is 11.9 Å². The highest BCUT2D eigenvalue weighted by molar-refractivity contribution is 5.94. The van der Waals surface area contributed by atoms with Gasteiger partial charge in [0, 0.05) is 0 Å². The standard InChI is InChI=1S/C26H26N2O5/c1-5-31-26(30)22-16(4)33-24(28)21(14-27)23(22)20-9-7-6-8-19(20)17-10-12-18(13-11-17)25(29)32-15(2)3/h6-13,15,23H,5,28H2,1-4H3. The average molecular weight is 447 g/mol. The third kappa shape index (κ3) is 4.90. The van der Waals surface area contributed by atoms with Crippen molar-refractivity contribution >= 4 is 11.9 Å². The number of rotatable bonds is 6. The highest BCUT2D eigenvalue weighted by Gasteiger charge is 2.37. The summed E-state index contributed by atoms with van der Waals surface area (Å²) in [5.41, 5.74) is 9.09. The third-order valence-electron chi connectivity index (χ3n) is 5.15. The molecule has 0 aliphatic carbocycles. The smallest absolute Gasteiger partial charge is 0.338 e. The second kappa shape index (κ2) is 10.0. The zero-order chi connectivity index (χ0) is 24.1. The number of hydrogen-bond acceptors (Lipinski definition) is 7. The van der Waals surface area contributed by atoms with Crippen molar-refractivity contribution in [1.29, 1.82) is 5.26 Å². The predicted molar refractivity (Wildman–Crippen MR) is 122 cm³/mol. The molecule has 0 radical (unpaired) electrons. The highest BCUT2D eigenvalue weighted by atomic mass is 16.5. The molecule has 1 aliphatic heterocycles. The van der Waals surface area contributed by atoms with Crippen LogP contribution >= 0.6 is 0 Å². The van der Waals surface area contributed by atoms with Gasteiger partial charge in [0.1, 0.15) is 17.4 Å². The molecule has 1 heterocycles. The van der Waals surface area contributed by atoms with E-state index < -0.39 is 17.9 Å². The van der Waals surface area contributed by atoms with E-state index in [1.165, 1.54) is 0 Å². The zero-order valence-electron chi connectivity index (χ0n) is 19.0. The Balaban J connectivity index is 2.12. The van der Waals surface area contributed by atoms with E-state index in [9.17, 15) is 14.9 Å². The van der Waals surface area contributed by atoms with Crippen molar-refractivity contribution in [3.8, 4) is 17.2 Å². The fourth-order valence-electron chi connectivity index (χ4n) is 3.75. The van der Waals surface area contributed by atoms with Crippen LogP contribution in [0.4, 0.5) is 0 Å². The fourth-order valence-corrected chi connectivity index (χ4v) is 3.75. The zero-order valence-corrected chi connectivity index (χ0v) is 19.0. The van der Waals surface area contributed by atoms with Crippen LogP contribution in [0.1, 0.15) is 49.5 Å². The minimum atomic E-state index is -0.760. The number of nitrogens with zero attached hydrogens (tertiary/aromatic N) is 1. The Morgan fingerprint density at radius 2 is 1.79 bits per heavy atom. The van der Waals surface area contributed by atoms with Crippen LogP contribution in [0.25, 0.3) is 11.1 Å². The monoisotopic (exact) mass is 446 g/mol. The SMILES string of the molecule is CCOC(=O)C1=C(C)OC(N)=C(C#N)C1c1ccccc1-c1ccc(C(=O)OC(C)C)cc1. The third-order valence-corrected chi connectivity index (χ3v) is 5.15. The lowest BCUT2D eigenvalue weighted by molar-refractivity contribution is -0.139. The number of ether oxygens (including phenoxy) is 3. The molecule has 3 rings (SSSR count). The number of carbonyl (C=O) groups excluding carboxylic acids is 2. The van der Waals surface area contributed by atoms with Crippen LogP contribution in [0.2, 0.25) is 0 Å². The first-order chi connectivity index (χ1) is 15.8. The summed E-state index contributed by atoms with van der Waals surface area (Å²) in [7, 11) is 0. The lowest BCUT2D eigenvalue weighted by Crippen LogP contribution is -2.25. The Kier molecular flexibility index (Phi) is 7.19. The number of carbonyl (C=O) groups is 2. The first-order valence-corrected chi connectivity index (χ1v) is 10.6. The first kappa shape index (κ1) is 23.6.